The average molecular weight is 619 g/mol. The Hall–Kier alpha value is -2.83. The molecule has 0 unspecified atom stereocenters. The van der Waals surface area contributed by atoms with Gasteiger partial charge in [0, 0.05) is 17.3 Å². The molecule has 2 rings (SSSR count). The van der Waals surface area contributed by atoms with Gasteiger partial charge in [0.05, 0.1) is 17.8 Å². The van der Waals surface area contributed by atoms with Gasteiger partial charge in [0.25, 0.3) is 0 Å². The monoisotopic (exact) mass is 618 g/mol. The van der Waals surface area contributed by atoms with Crippen molar-refractivity contribution < 1.29 is 25.2 Å². The smallest absolute Gasteiger partial charge is 0.162 e. The molecule has 2 fully saturated rings. The predicted molar refractivity (Wildman–Crippen MR) is 187 cm³/mol. The van der Waals surface area contributed by atoms with Crippen molar-refractivity contribution in [3.05, 3.63) is 107 Å². The number of aliphatic hydroxyl groups is 4. The lowest BCUT2D eigenvalue weighted by molar-refractivity contribution is -0.216. The molecule has 2 aliphatic rings. The van der Waals surface area contributed by atoms with E-state index < -0.39 is 34.2 Å². The maximum atomic E-state index is 12.9. The van der Waals surface area contributed by atoms with E-state index in [2.05, 4.69) is 13.8 Å². The van der Waals surface area contributed by atoms with Gasteiger partial charge in [-0.15, -0.1) is 0 Å². The molecule has 4 N–H and O–H groups in total. The summed E-state index contributed by atoms with van der Waals surface area (Å²) in [6.45, 7) is 19.4. The van der Waals surface area contributed by atoms with E-state index in [1.54, 1.807) is 19.1 Å². The van der Waals surface area contributed by atoms with E-state index in [0.29, 0.717) is 19.3 Å². The Labute approximate surface area is 272 Å². The first kappa shape index (κ1) is 38.4. The summed E-state index contributed by atoms with van der Waals surface area (Å²) in [6.07, 6.45) is 27.6. The lowest BCUT2D eigenvalue weighted by Gasteiger charge is -2.54. The molecule has 248 valence electrons. The fourth-order valence-electron chi connectivity index (χ4n) is 6.62. The molecule has 0 heterocycles. The van der Waals surface area contributed by atoms with Crippen LogP contribution >= 0.6 is 0 Å². The van der Waals surface area contributed by atoms with Crippen molar-refractivity contribution in [3.63, 3.8) is 0 Å². The first-order valence-corrected chi connectivity index (χ1v) is 16.1. The quantitative estimate of drug-likeness (QED) is 0.139. The highest BCUT2D eigenvalue weighted by Crippen LogP contribution is 2.53. The van der Waals surface area contributed by atoms with Crippen LogP contribution in [0.3, 0.4) is 0 Å². The molecule has 45 heavy (non-hydrogen) atoms. The van der Waals surface area contributed by atoms with Crippen molar-refractivity contribution in [3.8, 4) is 0 Å². The summed E-state index contributed by atoms with van der Waals surface area (Å²) in [4.78, 5) is 12.9. The summed E-state index contributed by atoms with van der Waals surface area (Å²) < 4.78 is 0. The van der Waals surface area contributed by atoms with Crippen LogP contribution in [0.2, 0.25) is 0 Å². The summed E-state index contributed by atoms with van der Waals surface area (Å²) >= 11 is 0. The molecule has 0 radical (unpaired) electrons. The molecule has 0 bridgehead atoms. The van der Waals surface area contributed by atoms with Crippen LogP contribution in [0.5, 0.6) is 0 Å². The summed E-state index contributed by atoms with van der Waals surface area (Å²) in [5.41, 5.74) is -0.259. The molecule has 0 spiro atoms. The molecule has 0 aromatic carbocycles. The van der Waals surface area contributed by atoms with Gasteiger partial charge in [0.15, 0.2) is 5.78 Å². The SMILES string of the molecule is CC(/C=C/C=C(C)/C=C/C(=O)[C@]1(C)C[C@@H](O)CC1(C)C)=C\C=C\C=C(C)\C=C\C=C(C)\C=C\[C@@]1(O)C(C)(C)C[C@H](O)C[C@@]1(C)O. The van der Waals surface area contributed by atoms with E-state index in [-0.39, 0.29) is 17.6 Å². The summed E-state index contributed by atoms with van der Waals surface area (Å²) in [6, 6.07) is 0. The van der Waals surface area contributed by atoms with Crippen molar-refractivity contribution in [1.29, 1.82) is 0 Å². The summed E-state index contributed by atoms with van der Waals surface area (Å²) in [7, 11) is 0. The van der Waals surface area contributed by atoms with Gasteiger partial charge >= 0.3 is 0 Å². The Morgan fingerprint density at radius 1 is 0.556 bits per heavy atom. The van der Waals surface area contributed by atoms with Crippen LogP contribution in [0.25, 0.3) is 0 Å². The van der Waals surface area contributed by atoms with Gasteiger partial charge in [-0.2, -0.15) is 0 Å². The lowest BCUT2D eigenvalue weighted by Crippen LogP contribution is -2.65. The highest BCUT2D eigenvalue weighted by Gasteiger charge is 2.58. The Morgan fingerprint density at radius 2 is 0.978 bits per heavy atom. The molecule has 0 aromatic heterocycles. The zero-order valence-corrected chi connectivity index (χ0v) is 29.3. The van der Waals surface area contributed by atoms with Crippen LogP contribution in [0.15, 0.2) is 107 Å². The van der Waals surface area contributed by atoms with Gasteiger partial charge in [0.2, 0.25) is 0 Å². The highest BCUT2D eigenvalue weighted by atomic mass is 16.4. The van der Waals surface area contributed by atoms with Crippen LogP contribution in [0, 0.1) is 16.2 Å². The summed E-state index contributed by atoms with van der Waals surface area (Å²) in [5.74, 6) is 0.0685. The van der Waals surface area contributed by atoms with Crippen molar-refractivity contribution >= 4 is 5.78 Å². The second-order valence-corrected chi connectivity index (χ2v) is 15.0. The standard InChI is InChI=1S/C40H58O5/c1-29(17-13-19-31(3)21-22-35(43)38(9)27-33(41)25-36(38,5)6)15-11-12-16-30(2)18-14-20-32(4)23-24-40(45)37(7,8)26-34(42)28-39(40,10)44/h11-24,33-34,41-42,44-45H,25-28H2,1-10H3/b12-11+,17-13+,18-14+,22-21+,24-23+,29-15+,30-16+,31-19+,32-20+/t33-,34-,38-,39+,40+/m0/s1. The van der Waals surface area contributed by atoms with Crippen LogP contribution in [-0.2, 0) is 4.79 Å². The van der Waals surface area contributed by atoms with Crippen LogP contribution in [0.1, 0.15) is 94.9 Å². The first-order valence-electron chi connectivity index (χ1n) is 16.1. The molecular formula is C40H58O5. The largest absolute Gasteiger partial charge is 0.393 e. The number of hydrogen-bond acceptors (Lipinski definition) is 5. The molecule has 2 aliphatic carbocycles. The Morgan fingerprint density at radius 3 is 1.44 bits per heavy atom. The van der Waals surface area contributed by atoms with Crippen LogP contribution in [0.4, 0.5) is 0 Å². The van der Waals surface area contributed by atoms with Gasteiger partial charge < -0.3 is 20.4 Å². The second-order valence-electron chi connectivity index (χ2n) is 15.0. The Balaban J connectivity index is 1.92. The number of carbonyl (C=O) groups is 1. The molecule has 0 aromatic rings. The Bertz CT molecular complexity index is 1320. The molecule has 0 saturated heterocycles. The average Bonchev–Trinajstić information content (AvgIpc) is 3.12. The molecule has 0 aliphatic heterocycles. The molecule has 5 nitrogen and oxygen atoms in total. The molecule has 5 heteroatoms. The van der Waals surface area contributed by atoms with E-state index in [0.717, 1.165) is 22.3 Å². The van der Waals surface area contributed by atoms with Gasteiger partial charge in [-0.25, -0.2) is 0 Å². The van der Waals surface area contributed by atoms with Gasteiger partial charge in [-0.05, 0) is 71.4 Å². The minimum Gasteiger partial charge on any atom is -0.393 e. The number of allylic oxidation sites excluding steroid dienone is 17. The zero-order valence-electron chi connectivity index (χ0n) is 29.3. The molecule has 5 atom stereocenters. The van der Waals surface area contributed by atoms with E-state index >= 15 is 0 Å². The van der Waals surface area contributed by atoms with E-state index in [1.807, 2.05) is 121 Å². The third-order valence-corrected chi connectivity index (χ3v) is 10.0. The lowest BCUT2D eigenvalue weighted by atomic mass is 9.57. The number of hydrogen-bond donors (Lipinski definition) is 4. The molecule has 2 saturated carbocycles. The number of aliphatic hydroxyl groups excluding tert-OH is 2. The van der Waals surface area contributed by atoms with Crippen molar-refractivity contribution in [2.45, 2.75) is 118 Å². The van der Waals surface area contributed by atoms with Gasteiger partial charge in [-0.1, -0.05) is 130 Å². The number of carbonyl (C=O) groups excluding carboxylic acids is 1. The Kier molecular flexibility index (Phi) is 12.9. The van der Waals surface area contributed by atoms with Crippen molar-refractivity contribution in [2.75, 3.05) is 0 Å². The minimum absolute atomic E-state index is 0.0685. The molecule has 0 amide bonds. The maximum Gasteiger partial charge on any atom is 0.162 e. The van der Waals surface area contributed by atoms with Crippen molar-refractivity contribution in [1.82, 2.24) is 0 Å². The molecular weight excluding hydrogens is 560 g/mol. The van der Waals surface area contributed by atoms with Crippen LogP contribution in [-0.4, -0.2) is 49.6 Å². The normalized spacial score (nSPS) is 33.6. The minimum atomic E-state index is -1.46. The number of rotatable bonds is 11. The van der Waals surface area contributed by atoms with Crippen LogP contribution < -0.4 is 0 Å². The maximum absolute atomic E-state index is 12.9. The van der Waals surface area contributed by atoms with E-state index in [1.165, 1.54) is 0 Å². The predicted octanol–water partition coefficient (Wildman–Crippen LogP) is 7.97. The first-order chi connectivity index (χ1) is 20.7. The third-order valence-electron chi connectivity index (χ3n) is 10.0. The zero-order chi connectivity index (χ0) is 34.3. The summed E-state index contributed by atoms with van der Waals surface area (Å²) in [5, 5.41) is 42.6. The fourth-order valence-corrected chi connectivity index (χ4v) is 6.62. The van der Waals surface area contributed by atoms with E-state index in [4.69, 9.17) is 0 Å². The fraction of sp³-hybridized carbons (Fsp3) is 0.525. The highest BCUT2D eigenvalue weighted by molar-refractivity contribution is 5.95. The topological polar surface area (TPSA) is 98.0 Å². The van der Waals surface area contributed by atoms with Crippen molar-refractivity contribution in [2.24, 2.45) is 16.2 Å². The van der Waals surface area contributed by atoms with Gasteiger partial charge in [-0.3, -0.25) is 4.79 Å². The second kappa shape index (κ2) is 15.2. The van der Waals surface area contributed by atoms with Gasteiger partial charge in [0.1, 0.15) is 5.60 Å². The number of ketones is 1. The van der Waals surface area contributed by atoms with E-state index in [9.17, 15) is 25.2 Å². The third kappa shape index (κ3) is 9.83.